The van der Waals surface area contributed by atoms with Crippen LogP contribution < -0.4 is 0 Å². The molecule has 6 heteroatoms. The molecule has 0 heterocycles. The van der Waals surface area contributed by atoms with Crippen molar-refractivity contribution in [1.29, 1.82) is 0 Å². The number of hydrogen-bond donors (Lipinski definition) is 1. The Morgan fingerprint density at radius 1 is 0.900 bits per heavy atom. The smallest absolute Gasteiger partial charge is 0.161 e. The van der Waals surface area contributed by atoms with Gasteiger partial charge in [-0.25, -0.2) is 17.6 Å². The molecule has 0 saturated heterocycles. The highest BCUT2D eigenvalue weighted by atomic mass is 79.9. The van der Waals surface area contributed by atoms with Crippen LogP contribution in [0.1, 0.15) is 17.2 Å². The van der Waals surface area contributed by atoms with Crippen LogP contribution in [-0.4, -0.2) is 5.11 Å². The van der Waals surface area contributed by atoms with Crippen LogP contribution in [0, 0.1) is 23.3 Å². The molecule has 2 rings (SSSR count). The van der Waals surface area contributed by atoms with Crippen LogP contribution in [0.2, 0.25) is 0 Å². The van der Waals surface area contributed by atoms with Crippen LogP contribution >= 0.6 is 15.9 Å². The zero-order valence-electron chi connectivity index (χ0n) is 10.0. The summed E-state index contributed by atoms with van der Waals surface area (Å²) in [6, 6.07) is 4.92. The van der Waals surface area contributed by atoms with Crippen molar-refractivity contribution < 1.29 is 22.7 Å². The molecule has 20 heavy (non-hydrogen) atoms. The maximum Gasteiger partial charge on any atom is 0.161 e. The molecule has 2 aromatic carbocycles. The number of rotatable bonds is 3. The van der Waals surface area contributed by atoms with E-state index in [4.69, 9.17) is 0 Å². The molecule has 1 N–H and O–H groups in total. The molecule has 0 aliphatic heterocycles. The lowest BCUT2D eigenvalue weighted by molar-refractivity contribution is 0.172. The van der Waals surface area contributed by atoms with Crippen molar-refractivity contribution in [1.82, 2.24) is 0 Å². The van der Waals surface area contributed by atoms with Gasteiger partial charge in [0.2, 0.25) is 0 Å². The molecule has 0 spiro atoms. The fourth-order valence-corrected chi connectivity index (χ4v) is 2.37. The van der Waals surface area contributed by atoms with Gasteiger partial charge in [-0.1, -0.05) is 15.9 Å². The standard InChI is InChI=1S/C14H9BrF4O/c15-8-1-7(2-9(16)4-8)3-14(20)10-5-12(18)13(19)6-11(10)17/h1-2,4-6,14,20H,3H2. The van der Waals surface area contributed by atoms with E-state index >= 15 is 0 Å². The number of aliphatic hydroxyl groups is 1. The molecule has 2 aromatic rings. The van der Waals surface area contributed by atoms with Crippen LogP contribution in [0.3, 0.4) is 0 Å². The zero-order valence-corrected chi connectivity index (χ0v) is 11.6. The molecule has 0 radical (unpaired) electrons. The van der Waals surface area contributed by atoms with Crippen molar-refractivity contribution in [2.75, 3.05) is 0 Å². The molecule has 0 fully saturated rings. The lowest BCUT2D eigenvalue weighted by atomic mass is 10.0. The molecule has 106 valence electrons. The van der Waals surface area contributed by atoms with Gasteiger partial charge < -0.3 is 5.11 Å². The first kappa shape index (κ1) is 15.0. The third-order valence-corrected chi connectivity index (χ3v) is 3.21. The minimum absolute atomic E-state index is 0.127. The maximum absolute atomic E-state index is 13.5. The van der Waals surface area contributed by atoms with E-state index in [-0.39, 0.29) is 12.0 Å². The first-order valence-corrected chi connectivity index (χ1v) is 6.43. The Labute approximate surface area is 121 Å². The Morgan fingerprint density at radius 2 is 1.55 bits per heavy atom. The maximum atomic E-state index is 13.5. The summed E-state index contributed by atoms with van der Waals surface area (Å²) in [5.41, 5.74) is 0.0257. The van der Waals surface area contributed by atoms with Crippen LogP contribution in [0.25, 0.3) is 0 Å². The number of aliphatic hydroxyl groups excluding tert-OH is 1. The lowest BCUT2D eigenvalue weighted by Gasteiger charge is -2.13. The van der Waals surface area contributed by atoms with Gasteiger partial charge in [0.25, 0.3) is 0 Å². The van der Waals surface area contributed by atoms with Gasteiger partial charge in [0, 0.05) is 22.5 Å². The highest BCUT2D eigenvalue weighted by Crippen LogP contribution is 2.25. The number of benzene rings is 2. The monoisotopic (exact) mass is 348 g/mol. The van der Waals surface area contributed by atoms with E-state index in [1.54, 1.807) is 6.07 Å². The molecular formula is C14H9BrF4O. The van der Waals surface area contributed by atoms with E-state index in [1.807, 2.05) is 0 Å². The summed E-state index contributed by atoms with van der Waals surface area (Å²) in [6.07, 6.45) is -1.53. The van der Waals surface area contributed by atoms with Gasteiger partial charge in [-0.05, 0) is 29.8 Å². The van der Waals surface area contributed by atoms with E-state index in [0.29, 0.717) is 22.2 Å². The molecular weight excluding hydrogens is 340 g/mol. The topological polar surface area (TPSA) is 20.2 Å². The lowest BCUT2D eigenvalue weighted by Crippen LogP contribution is -2.06. The largest absolute Gasteiger partial charge is 0.388 e. The Balaban J connectivity index is 2.28. The van der Waals surface area contributed by atoms with Gasteiger partial charge in [-0.3, -0.25) is 0 Å². The van der Waals surface area contributed by atoms with E-state index in [2.05, 4.69) is 15.9 Å². The van der Waals surface area contributed by atoms with Gasteiger partial charge >= 0.3 is 0 Å². The average molecular weight is 349 g/mol. The summed E-state index contributed by atoms with van der Waals surface area (Å²) in [5.74, 6) is -4.15. The van der Waals surface area contributed by atoms with Gasteiger partial charge in [-0.15, -0.1) is 0 Å². The second-order valence-corrected chi connectivity index (χ2v) is 5.20. The predicted octanol–water partition coefficient (Wildman–Crippen LogP) is 4.28. The molecule has 1 nitrogen and oxygen atoms in total. The quantitative estimate of drug-likeness (QED) is 0.648. The van der Waals surface area contributed by atoms with Crippen molar-refractivity contribution in [2.24, 2.45) is 0 Å². The highest BCUT2D eigenvalue weighted by Gasteiger charge is 2.17. The van der Waals surface area contributed by atoms with E-state index in [9.17, 15) is 22.7 Å². The minimum Gasteiger partial charge on any atom is -0.388 e. The third kappa shape index (κ3) is 3.37. The van der Waals surface area contributed by atoms with E-state index in [0.717, 1.165) is 0 Å². The minimum atomic E-state index is -1.40. The number of halogens is 5. The third-order valence-electron chi connectivity index (χ3n) is 2.75. The molecule has 1 atom stereocenters. The molecule has 0 bridgehead atoms. The molecule has 0 aliphatic rings. The highest BCUT2D eigenvalue weighted by molar-refractivity contribution is 9.10. The van der Waals surface area contributed by atoms with E-state index in [1.165, 1.54) is 12.1 Å². The summed E-state index contributed by atoms with van der Waals surface area (Å²) in [7, 11) is 0. The Morgan fingerprint density at radius 3 is 2.20 bits per heavy atom. The SMILES string of the molecule is OC(Cc1cc(F)cc(Br)c1)c1cc(F)c(F)cc1F. The van der Waals surface area contributed by atoms with Crippen molar-refractivity contribution >= 4 is 15.9 Å². The number of hydrogen-bond acceptors (Lipinski definition) is 1. The zero-order chi connectivity index (χ0) is 14.9. The van der Waals surface area contributed by atoms with Crippen molar-refractivity contribution in [3.8, 4) is 0 Å². The first-order chi connectivity index (χ1) is 9.36. The fraction of sp³-hybridized carbons (Fsp3) is 0.143. The second-order valence-electron chi connectivity index (χ2n) is 4.29. The predicted molar refractivity (Wildman–Crippen MR) is 69.1 cm³/mol. The Kier molecular flexibility index (Phi) is 4.45. The van der Waals surface area contributed by atoms with Crippen molar-refractivity contribution in [3.05, 3.63) is 69.2 Å². The average Bonchev–Trinajstić information content (AvgIpc) is 2.32. The fourth-order valence-electron chi connectivity index (χ4n) is 1.86. The van der Waals surface area contributed by atoms with Crippen LogP contribution in [0.15, 0.2) is 34.8 Å². The van der Waals surface area contributed by atoms with E-state index < -0.39 is 29.4 Å². The molecule has 0 aromatic heterocycles. The van der Waals surface area contributed by atoms with Gasteiger partial charge in [0.15, 0.2) is 11.6 Å². The Bertz CT molecular complexity index is 625. The van der Waals surface area contributed by atoms with Crippen molar-refractivity contribution in [2.45, 2.75) is 12.5 Å². The van der Waals surface area contributed by atoms with Gasteiger partial charge in [0.05, 0.1) is 6.10 Å². The Hall–Kier alpha value is -1.40. The molecule has 0 aliphatic carbocycles. The summed E-state index contributed by atoms with van der Waals surface area (Å²) in [6.45, 7) is 0. The summed E-state index contributed by atoms with van der Waals surface area (Å²) < 4.78 is 53.0. The molecule has 1 unspecified atom stereocenters. The molecule has 0 saturated carbocycles. The van der Waals surface area contributed by atoms with Crippen LogP contribution in [0.4, 0.5) is 17.6 Å². The second kappa shape index (κ2) is 5.93. The molecule has 0 amide bonds. The summed E-state index contributed by atoms with van der Waals surface area (Å²) >= 11 is 3.09. The first-order valence-electron chi connectivity index (χ1n) is 5.64. The van der Waals surface area contributed by atoms with Crippen LogP contribution in [-0.2, 0) is 6.42 Å². The summed E-state index contributed by atoms with van der Waals surface area (Å²) in [4.78, 5) is 0. The summed E-state index contributed by atoms with van der Waals surface area (Å²) in [5, 5.41) is 9.89. The van der Waals surface area contributed by atoms with Crippen LogP contribution in [0.5, 0.6) is 0 Å². The van der Waals surface area contributed by atoms with Gasteiger partial charge in [-0.2, -0.15) is 0 Å². The normalized spacial score (nSPS) is 12.5. The van der Waals surface area contributed by atoms with Gasteiger partial charge in [0.1, 0.15) is 11.6 Å². The van der Waals surface area contributed by atoms with Crippen molar-refractivity contribution in [3.63, 3.8) is 0 Å².